The van der Waals surface area contributed by atoms with Gasteiger partial charge >= 0.3 is 5.97 Å². The van der Waals surface area contributed by atoms with E-state index in [1.54, 1.807) is 21.1 Å². The molecule has 5 nitrogen and oxygen atoms in total. The lowest BCUT2D eigenvalue weighted by Crippen LogP contribution is -2.12. The lowest BCUT2D eigenvalue weighted by molar-refractivity contribution is -0.141. The second-order valence-electron chi connectivity index (χ2n) is 6.85. The molecule has 0 unspecified atom stereocenters. The number of carboxylic acids is 1. The SMILES string of the molecule is COc1ccc(Br)c(C[C@H](C)C(=O)O)c1.COc1ccc(Br)c(C[C@H](C)CO)c1. The Labute approximate surface area is 189 Å². The lowest BCUT2D eigenvalue weighted by atomic mass is 10.0. The van der Waals surface area contributed by atoms with Crippen LogP contribution in [-0.2, 0) is 17.6 Å². The zero-order chi connectivity index (χ0) is 22.0. The molecule has 0 aliphatic heterocycles. The number of hydrogen-bond acceptors (Lipinski definition) is 4. The van der Waals surface area contributed by atoms with E-state index in [2.05, 4.69) is 31.9 Å². The van der Waals surface area contributed by atoms with Gasteiger partial charge in [0.15, 0.2) is 0 Å². The first-order valence-electron chi connectivity index (χ1n) is 9.20. The van der Waals surface area contributed by atoms with Crippen LogP contribution in [0.3, 0.4) is 0 Å². The van der Waals surface area contributed by atoms with Gasteiger partial charge in [0.25, 0.3) is 0 Å². The number of carboxylic acid groups (broad SMARTS) is 1. The number of hydrogen-bond donors (Lipinski definition) is 2. The first-order chi connectivity index (χ1) is 13.7. The average molecular weight is 532 g/mol. The molecule has 2 atom stereocenters. The maximum Gasteiger partial charge on any atom is 0.306 e. The number of benzene rings is 2. The first-order valence-corrected chi connectivity index (χ1v) is 10.8. The summed E-state index contributed by atoms with van der Waals surface area (Å²) in [6.07, 6.45) is 1.35. The summed E-state index contributed by atoms with van der Waals surface area (Å²) in [5.41, 5.74) is 2.12. The van der Waals surface area contributed by atoms with Crippen molar-refractivity contribution >= 4 is 37.8 Å². The molecule has 0 aliphatic carbocycles. The van der Waals surface area contributed by atoms with E-state index in [0.717, 1.165) is 32.4 Å². The molecule has 0 saturated carbocycles. The molecule has 0 fully saturated rings. The number of aliphatic hydroxyl groups is 1. The molecule has 0 aromatic heterocycles. The Bertz CT molecular complexity index is 795. The summed E-state index contributed by atoms with van der Waals surface area (Å²) in [6.45, 7) is 3.92. The molecule has 0 radical (unpaired) electrons. The van der Waals surface area contributed by atoms with Crippen LogP contribution >= 0.6 is 31.9 Å². The Morgan fingerprint density at radius 2 is 1.38 bits per heavy atom. The van der Waals surface area contributed by atoms with Gasteiger partial charge in [-0.05, 0) is 66.3 Å². The fourth-order valence-electron chi connectivity index (χ4n) is 2.53. The van der Waals surface area contributed by atoms with Gasteiger partial charge in [-0.1, -0.05) is 45.7 Å². The molecule has 2 aromatic rings. The first kappa shape index (κ1) is 25.5. The Morgan fingerprint density at radius 3 is 1.76 bits per heavy atom. The van der Waals surface area contributed by atoms with Gasteiger partial charge in [-0.25, -0.2) is 0 Å². The van der Waals surface area contributed by atoms with Crippen molar-refractivity contribution in [3.63, 3.8) is 0 Å². The Morgan fingerprint density at radius 1 is 0.931 bits per heavy atom. The molecule has 2 rings (SSSR count). The topological polar surface area (TPSA) is 76.0 Å². The monoisotopic (exact) mass is 530 g/mol. The maximum atomic E-state index is 10.7. The van der Waals surface area contributed by atoms with Crippen LogP contribution in [0.1, 0.15) is 25.0 Å². The summed E-state index contributed by atoms with van der Waals surface area (Å²) in [6, 6.07) is 11.4. The number of aliphatic carboxylic acids is 1. The van der Waals surface area contributed by atoms with Gasteiger partial charge in [0.1, 0.15) is 11.5 Å². The van der Waals surface area contributed by atoms with E-state index in [4.69, 9.17) is 19.7 Å². The molecule has 0 heterocycles. The van der Waals surface area contributed by atoms with E-state index in [1.165, 1.54) is 5.56 Å². The molecule has 0 saturated heterocycles. The third kappa shape index (κ3) is 8.76. The van der Waals surface area contributed by atoms with Gasteiger partial charge in [-0.3, -0.25) is 4.79 Å². The molecule has 2 N–H and O–H groups in total. The van der Waals surface area contributed by atoms with Crippen LogP contribution in [-0.4, -0.2) is 37.0 Å². The number of ether oxygens (including phenoxy) is 2. The van der Waals surface area contributed by atoms with Crippen LogP contribution < -0.4 is 9.47 Å². The largest absolute Gasteiger partial charge is 0.497 e. The van der Waals surface area contributed by atoms with Crippen molar-refractivity contribution in [1.82, 2.24) is 0 Å². The second-order valence-corrected chi connectivity index (χ2v) is 8.56. The fourth-order valence-corrected chi connectivity index (χ4v) is 3.34. The summed E-state index contributed by atoms with van der Waals surface area (Å²) < 4.78 is 12.2. The van der Waals surface area contributed by atoms with E-state index in [-0.39, 0.29) is 12.5 Å². The van der Waals surface area contributed by atoms with Crippen molar-refractivity contribution in [2.45, 2.75) is 26.7 Å². The van der Waals surface area contributed by atoms with Crippen molar-refractivity contribution in [3.8, 4) is 11.5 Å². The lowest BCUT2D eigenvalue weighted by Gasteiger charge is -2.10. The number of carbonyl (C=O) groups is 1. The highest BCUT2D eigenvalue weighted by atomic mass is 79.9. The average Bonchev–Trinajstić information content (AvgIpc) is 2.71. The van der Waals surface area contributed by atoms with Crippen molar-refractivity contribution in [1.29, 1.82) is 0 Å². The van der Waals surface area contributed by atoms with Gasteiger partial charge < -0.3 is 19.7 Å². The van der Waals surface area contributed by atoms with Gasteiger partial charge in [0.05, 0.1) is 20.1 Å². The highest BCUT2D eigenvalue weighted by Gasteiger charge is 2.14. The summed E-state index contributed by atoms with van der Waals surface area (Å²) in [4.78, 5) is 10.7. The third-order valence-corrected chi connectivity index (χ3v) is 5.88. The van der Waals surface area contributed by atoms with Crippen LogP contribution in [0.15, 0.2) is 45.3 Å². The van der Waals surface area contributed by atoms with Crippen LogP contribution in [0.2, 0.25) is 0 Å². The minimum absolute atomic E-state index is 0.212. The standard InChI is InChI=1S/C11H13BrO3.C11H15BrO2/c1-7(11(13)14)5-8-6-9(15-2)3-4-10(8)12;1-8(7-13)5-9-6-10(14-2)3-4-11(9)12/h3-4,6-7H,5H2,1-2H3,(H,13,14);3-4,6,8,13H,5,7H2,1-2H3/t7-;8-/m00/s1. The quantitative estimate of drug-likeness (QED) is 0.480. The van der Waals surface area contributed by atoms with E-state index in [9.17, 15) is 4.79 Å². The van der Waals surface area contributed by atoms with Crippen molar-refractivity contribution in [2.24, 2.45) is 11.8 Å². The molecular weight excluding hydrogens is 504 g/mol. The molecule has 0 aliphatic rings. The number of halogens is 2. The minimum atomic E-state index is -0.787. The van der Waals surface area contributed by atoms with Gasteiger partial charge in [0, 0.05) is 15.6 Å². The van der Waals surface area contributed by atoms with Gasteiger partial charge in [-0.2, -0.15) is 0 Å². The Kier molecular flexibility index (Phi) is 11.3. The smallest absolute Gasteiger partial charge is 0.306 e. The van der Waals surface area contributed by atoms with E-state index in [0.29, 0.717) is 6.42 Å². The molecular formula is C22H28Br2O5. The van der Waals surface area contributed by atoms with Crippen molar-refractivity contribution in [2.75, 3.05) is 20.8 Å². The highest BCUT2D eigenvalue weighted by molar-refractivity contribution is 9.10. The molecule has 29 heavy (non-hydrogen) atoms. The maximum absolute atomic E-state index is 10.7. The van der Waals surface area contributed by atoms with E-state index in [1.807, 2.05) is 43.3 Å². The van der Waals surface area contributed by atoms with Crippen LogP contribution in [0.5, 0.6) is 11.5 Å². The molecule has 0 amide bonds. The highest BCUT2D eigenvalue weighted by Crippen LogP contribution is 2.25. The fraction of sp³-hybridized carbons (Fsp3) is 0.409. The Balaban J connectivity index is 0.000000291. The van der Waals surface area contributed by atoms with E-state index < -0.39 is 11.9 Å². The zero-order valence-corrected chi connectivity index (χ0v) is 20.3. The molecule has 160 valence electrons. The minimum Gasteiger partial charge on any atom is -0.497 e. The van der Waals surface area contributed by atoms with Crippen molar-refractivity contribution < 1.29 is 24.5 Å². The summed E-state index contributed by atoms with van der Waals surface area (Å²) >= 11 is 6.87. The molecule has 2 aromatic carbocycles. The Hall–Kier alpha value is -1.57. The van der Waals surface area contributed by atoms with Gasteiger partial charge in [-0.15, -0.1) is 0 Å². The predicted molar refractivity (Wildman–Crippen MR) is 122 cm³/mol. The number of methoxy groups -OCH3 is 2. The summed E-state index contributed by atoms with van der Waals surface area (Å²) in [5.74, 6) is 0.690. The normalized spacial score (nSPS) is 12.4. The van der Waals surface area contributed by atoms with E-state index >= 15 is 0 Å². The van der Waals surface area contributed by atoms with Crippen LogP contribution in [0.25, 0.3) is 0 Å². The number of rotatable bonds is 8. The number of aliphatic hydroxyl groups excluding tert-OH is 1. The van der Waals surface area contributed by atoms with Crippen LogP contribution in [0.4, 0.5) is 0 Å². The van der Waals surface area contributed by atoms with Crippen molar-refractivity contribution in [3.05, 3.63) is 56.5 Å². The molecule has 0 bridgehead atoms. The van der Waals surface area contributed by atoms with Gasteiger partial charge in [0.2, 0.25) is 0 Å². The summed E-state index contributed by atoms with van der Waals surface area (Å²) in [5, 5.41) is 17.8. The summed E-state index contributed by atoms with van der Waals surface area (Å²) in [7, 11) is 3.25. The van der Waals surface area contributed by atoms with Crippen LogP contribution in [0, 0.1) is 11.8 Å². The predicted octanol–water partition coefficient (Wildman–Crippen LogP) is 5.35. The third-order valence-electron chi connectivity index (χ3n) is 4.33. The molecule has 7 heteroatoms. The molecule has 0 spiro atoms. The zero-order valence-electron chi connectivity index (χ0n) is 17.1. The second kappa shape index (κ2) is 12.9.